The van der Waals surface area contributed by atoms with E-state index in [9.17, 15) is 8.42 Å². The molecule has 0 aromatic rings. The van der Waals surface area contributed by atoms with Gasteiger partial charge < -0.3 is 4.74 Å². The predicted octanol–water partition coefficient (Wildman–Crippen LogP) is 0.916. The van der Waals surface area contributed by atoms with Crippen LogP contribution >= 0.6 is 11.6 Å². The highest BCUT2D eigenvalue weighted by Gasteiger charge is 2.49. The lowest BCUT2D eigenvalue weighted by molar-refractivity contribution is -0.0908. The summed E-state index contributed by atoms with van der Waals surface area (Å²) in [4.78, 5) is 0. The molecular weight excluding hydrogens is 226 g/mol. The summed E-state index contributed by atoms with van der Waals surface area (Å²) < 4.78 is 30.2. The lowest BCUT2D eigenvalue weighted by atomic mass is 9.65. The highest BCUT2D eigenvalue weighted by Crippen LogP contribution is 2.42. The van der Waals surface area contributed by atoms with Crippen LogP contribution in [0.2, 0.25) is 0 Å². The predicted molar refractivity (Wildman–Crippen MR) is 55.8 cm³/mol. The van der Waals surface area contributed by atoms with Crippen molar-refractivity contribution < 1.29 is 13.2 Å². The van der Waals surface area contributed by atoms with Gasteiger partial charge in [0.15, 0.2) is 0 Å². The first kappa shape index (κ1) is 12.2. The molecule has 0 aromatic carbocycles. The zero-order chi connectivity index (χ0) is 11.0. The summed E-state index contributed by atoms with van der Waals surface area (Å²) in [6.45, 7) is 3.96. The smallest absolute Gasteiger partial charge is 0.225 e. The van der Waals surface area contributed by atoms with Crippen LogP contribution in [0.3, 0.4) is 0 Å². The topological polar surface area (TPSA) is 55.4 Å². The fourth-order valence-corrected chi connectivity index (χ4v) is 2.82. The number of halogens is 1. The Bertz CT molecular complexity index is 302. The average molecular weight is 242 g/mol. The maximum Gasteiger partial charge on any atom is 0.225 e. The fraction of sp³-hybridized carbons (Fsp3) is 1.00. The number of hydrogen-bond donors (Lipinski definition) is 1. The Hall–Kier alpha value is 0.160. The minimum atomic E-state index is -3.32. The molecule has 1 saturated carbocycles. The van der Waals surface area contributed by atoms with Crippen LogP contribution in [0.5, 0.6) is 0 Å². The monoisotopic (exact) mass is 241 g/mol. The minimum absolute atomic E-state index is 0.0730. The first-order chi connectivity index (χ1) is 6.33. The Morgan fingerprint density at radius 3 is 2.50 bits per heavy atom. The molecule has 0 saturated heterocycles. The van der Waals surface area contributed by atoms with E-state index in [1.165, 1.54) is 0 Å². The van der Waals surface area contributed by atoms with Crippen molar-refractivity contribution in [1.29, 1.82) is 0 Å². The molecule has 0 aliphatic heterocycles. The van der Waals surface area contributed by atoms with Gasteiger partial charge in [0.2, 0.25) is 10.0 Å². The van der Waals surface area contributed by atoms with Crippen LogP contribution in [0.1, 0.15) is 20.3 Å². The second kappa shape index (κ2) is 3.96. The van der Waals surface area contributed by atoms with Crippen molar-refractivity contribution in [3.8, 4) is 0 Å². The lowest BCUT2D eigenvalue weighted by Gasteiger charge is -2.50. The molecule has 14 heavy (non-hydrogen) atoms. The molecule has 2 unspecified atom stereocenters. The normalized spacial score (nSPS) is 31.1. The lowest BCUT2D eigenvalue weighted by Crippen LogP contribution is -2.61. The third kappa shape index (κ3) is 2.21. The van der Waals surface area contributed by atoms with E-state index in [2.05, 4.69) is 4.72 Å². The van der Waals surface area contributed by atoms with E-state index < -0.39 is 15.2 Å². The van der Waals surface area contributed by atoms with Crippen LogP contribution in [0.4, 0.5) is 0 Å². The van der Waals surface area contributed by atoms with Gasteiger partial charge in [-0.05, 0) is 6.42 Å². The zero-order valence-electron chi connectivity index (χ0n) is 8.58. The van der Waals surface area contributed by atoms with Gasteiger partial charge in [-0.25, -0.2) is 13.1 Å². The van der Waals surface area contributed by atoms with Gasteiger partial charge in [-0.3, -0.25) is 0 Å². The summed E-state index contributed by atoms with van der Waals surface area (Å²) in [6, 6.07) is -0.0730. The highest BCUT2D eigenvalue weighted by atomic mass is 35.5. The molecule has 6 heteroatoms. The summed E-state index contributed by atoms with van der Waals surface area (Å²) in [6.07, 6.45) is 0.824. The van der Waals surface area contributed by atoms with Gasteiger partial charge in [0.05, 0.1) is 6.10 Å². The zero-order valence-corrected chi connectivity index (χ0v) is 10.2. The number of nitrogens with one attached hydrogen (secondary N) is 1. The largest absolute Gasteiger partial charge is 0.381 e. The van der Waals surface area contributed by atoms with Gasteiger partial charge in [0, 0.05) is 18.6 Å². The third-order valence-electron chi connectivity index (χ3n) is 2.93. The standard InChI is InChI=1S/C8H16ClNO3S/c1-8(2)6(4-7(8)13-3)10-14(11,12)5-9/h6-7,10H,4-5H2,1-3H3. The Morgan fingerprint density at radius 2 is 2.14 bits per heavy atom. The quantitative estimate of drug-likeness (QED) is 0.745. The van der Waals surface area contributed by atoms with E-state index in [1.54, 1.807) is 7.11 Å². The van der Waals surface area contributed by atoms with Crippen LogP contribution in [0, 0.1) is 5.41 Å². The number of alkyl halides is 1. The van der Waals surface area contributed by atoms with Crippen molar-refractivity contribution in [2.24, 2.45) is 5.41 Å². The molecular formula is C8H16ClNO3S. The summed E-state index contributed by atoms with van der Waals surface area (Å²) in [7, 11) is -1.68. The Labute approximate surface area is 90.0 Å². The molecule has 1 rings (SSSR count). The van der Waals surface area contributed by atoms with E-state index in [0.717, 1.165) is 0 Å². The van der Waals surface area contributed by atoms with Crippen molar-refractivity contribution in [1.82, 2.24) is 4.72 Å². The molecule has 1 aliphatic carbocycles. The Kier molecular flexibility index (Phi) is 3.46. The van der Waals surface area contributed by atoms with Gasteiger partial charge >= 0.3 is 0 Å². The summed E-state index contributed by atoms with van der Waals surface area (Å²) in [5, 5.41) is -0.392. The van der Waals surface area contributed by atoms with E-state index in [1.807, 2.05) is 13.8 Å². The van der Waals surface area contributed by atoms with Crippen LogP contribution < -0.4 is 4.72 Å². The Morgan fingerprint density at radius 1 is 1.57 bits per heavy atom. The van der Waals surface area contributed by atoms with Crippen LogP contribution in [0.15, 0.2) is 0 Å². The SMILES string of the molecule is COC1CC(NS(=O)(=O)CCl)C1(C)C. The maximum absolute atomic E-state index is 11.2. The van der Waals surface area contributed by atoms with Gasteiger partial charge in [-0.1, -0.05) is 13.8 Å². The van der Waals surface area contributed by atoms with Gasteiger partial charge in [0.1, 0.15) is 5.21 Å². The maximum atomic E-state index is 11.2. The van der Waals surface area contributed by atoms with Crippen molar-refractivity contribution in [2.75, 3.05) is 12.3 Å². The molecule has 1 fully saturated rings. The third-order valence-corrected chi connectivity index (χ3v) is 4.72. The summed E-state index contributed by atoms with van der Waals surface area (Å²) >= 11 is 5.30. The molecule has 84 valence electrons. The van der Waals surface area contributed by atoms with Crippen molar-refractivity contribution in [3.05, 3.63) is 0 Å². The number of rotatable bonds is 4. The average Bonchev–Trinajstić information content (AvgIpc) is 2.11. The summed E-state index contributed by atoms with van der Waals surface area (Å²) in [5.74, 6) is 0. The van der Waals surface area contributed by atoms with E-state index in [4.69, 9.17) is 16.3 Å². The molecule has 0 amide bonds. The molecule has 0 radical (unpaired) electrons. The van der Waals surface area contributed by atoms with Crippen LogP contribution in [0.25, 0.3) is 0 Å². The first-order valence-electron chi connectivity index (χ1n) is 4.42. The van der Waals surface area contributed by atoms with Crippen LogP contribution in [-0.4, -0.2) is 32.9 Å². The molecule has 0 spiro atoms. The van der Waals surface area contributed by atoms with E-state index in [0.29, 0.717) is 6.42 Å². The highest BCUT2D eigenvalue weighted by molar-refractivity contribution is 7.90. The van der Waals surface area contributed by atoms with Crippen molar-refractivity contribution >= 4 is 21.6 Å². The number of sulfonamides is 1. The van der Waals surface area contributed by atoms with Gasteiger partial charge in [0.25, 0.3) is 0 Å². The molecule has 0 heterocycles. The molecule has 1 N–H and O–H groups in total. The fourth-order valence-electron chi connectivity index (χ4n) is 1.73. The molecule has 2 atom stereocenters. The molecule has 1 aliphatic rings. The van der Waals surface area contributed by atoms with Gasteiger partial charge in [-0.15, -0.1) is 11.6 Å². The molecule has 0 bridgehead atoms. The molecule has 0 aromatic heterocycles. The first-order valence-corrected chi connectivity index (χ1v) is 6.61. The summed E-state index contributed by atoms with van der Waals surface area (Å²) in [5.41, 5.74) is -0.159. The van der Waals surface area contributed by atoms with Crippen LogP contribution in [-0.2, 0) is 14.8 Å². The minimum Gasteiger partial charge on any atom is -0.381 e. The number of methoxy groups -OCH3 is 1. The number of ether oxygens (including phenoxy) is 1. The van der Waals surface area contributed by atoms with E-state index >= 15 is 0 Å². The second-order valence-electron chi connectivity index (χ2n) is 4.18. The number of hydrogen-bond acceptors (Lipinski definition) is 3. The van der Waals surface area contributed by atoms with Gasteiger partial charge in [-0.2, -0.15) is 0 Å². The van der Waals surface area contributed by atoms with E-state index in [-0.39, 0.29) is 17.6 Å². The van der Waals surface area contributed by atoms with Crippen molar-refractivity contribution in [2.45, 2.75) is 32.4 Å². The molecule has 4 nitrogen and oxygen atoms in total. The second-order valence-corrected chi connectivity index (χ2v) is 6.51. The Balaban J connectivity index is 2.60. The van der Waals surface area contributed by atoms with Crippen molar-refractivity contribution in [3.63, 3.8) is 0 Å².